The number of amides is 4. The Labute approximate surface area is 364 Å². The van der Waals surface area contributed by atoms with E-state index in [-0.39, 0.29) is 57.1 Å². The van der Waals surface area contributed by atoms with E-state index in [0.29, 0.717) is 51.9 Å². The Kier molecular flexibility index (Phi) is 9.87. The van der Waals surface area contributed by atoms with Crippen LogP contribution in [0.2, 0.25) is 0 Å². The molecule has 1 spiro atoms. The maximum atomic E-state index is 16.8. The van der Waals surface area contributed by atoms with Crippen molar-refractivity contribution >= 4 is 52.1 Å². The third-order valence-electron chi connectivity index (χ3n) is 13.4. The van der Waals surface area contributed by atoms with Crippen LogP contribution in [0.4, 0.5) is 32.8 Å². The highest BCUT2D eigenvalue weighted by Gasteiger charge is 2.66. The topological polar surface area (TPSA) is 129 Å². The van der Waals surface area contributed by atoms with Crippen molar-refractivity contribution in [1.82, 2.24) is 4.90 Å². The van der Waals surface area contributed by atoms with E-state index >= 15 is 9.18 Å². The van der Waals surface area contributed by atoms with Crippen molar-refractivity contribution in [1.29, 1.82) is 0 Å². The van der Waals surface area contributed by atoms with Gasteiger partial charge < -0.3 is 29.1 Å². The number of carbonyl (C=O) groups excluding carboxylic acids is 4. The van der Waals surface area contributed by atoms with Gasteiger partial charge >= 0.3 is 0 Å². The van der Waals surface area contributed by atoms with E-state index in [1.165, 1.54) is 13.8 Å². The quantitative estimate of drug-likeness (QED) is 0.173. The van der Waals surface area contributed by atoms with Crippen LogP contribution in [0, 0.1) is 11.8 Å². The summed E-state index contributed by atoms with van der Waals surface area (Å²) in [4.78, 5) is 63.1. The number of fused-ring (bicyclic) bond motifs is 5. The lowest BCUT2D eigenvalue weighted by Crippen LogP contribution is -2.48. The van der Waals surface area contributed by atoms with Crippen molar-refractivity contribution < 1.29 is 42.9 Å². The van der Waals surface area contributed by atoms with Gasteiger partial charge in [0, 0.05) is 35.3 Å². The van der Waals surface area contributed by atoms with Crippen LogP contribution >= 0.6 is 0 Å². The molecule has 1 N–H and O–H groups in total. The molecule has 0 aliphatic carbocycles. The predicted octanol–water partition coefficient (Wildman–Crippen LogP) is 7.28. The number of aliphatic hydroxyl groups excluding tert-OH is 1. The maximum Gasteiger partial charge on any atom is 0.269 e. The van der Waals surface area contributed by atoms with Gasteiger partial charge in [-0.05, 0) is 91.6 Å². The number of ether oxygens (including phenoxy) is 3. The second-order valence-electron chi connectivity index (χ2n) is 17.5. The highest BCUT2D eigenvalue weighted by atomic mass is 19.1. The number of carbonyl (C=O) groups is 4. The molecule has 0 unspecified atom stereocenters. The largest absolute Gasteiger partial charge is 0.482 e. The molecule has 0 radical (unpaired) electrons. The number of aliphatic hydroxyl groups is 1. The van der Waals surface area contributed by atoms with Crippen LogP contribution in [0.5, 0.6) is 11.5 Å². The summed E-state index contributed by atoms with van der Waals surface area (Å²) < 4.78 is 35.3. The van der Waals surface area contributed by atoms with Crippen molar-refractivity contribution in [2.45, 2.75) is 70.1 Å². The van der Waals surface area contributed by atoms with Gasteiger partial charge in [0.25, 0.3) is 17.7 Å². The molecule has 1 saturated heterocycles. The van der Waals surface area contributed by atoms with Crippen LogP contribution in [0.25, 0.3) is 0 Å². The number of rotatable bonds is 8. The van der Waals surface area contributed by atoms with E-state index in [1.807, 2.05) is 91.9 Å². The minimum atomic E-state index is -1.89. The Morgan fingerprint density at radius 3 is 2.00 bits per heavy atom. The van der Waals surface area contributed by atoms with Crippen molar-refractivity contribution in [2.24, 2.45) is 11.8 Å². The molecule has 5 aromatic carbocycles. The van der Waals surface area contributed by atoms with Crippen molar-refractivity contribution in [3.8, 4) is 11.5 Å². The molecule has 5 aliphatic heterocycles. The monoisotopic (exact) mass is 850 g/mol. The van der Waals surface area contributed by atoms with E-state index in [1.54, 1.807) is 49.9 Å². The van der Waals surface area contributed by atoms with E-state index in [9.17, 15) is 19.5 Å². The Morgan fingerprint density at radius 2 is 1.37 bits per heavy atom. The van der Waals surface area contributed by atoms with Gasteiger partial charge in [-0.15, -0.1) is 0 Å². The lowest BCUT2D eigenvalue weighted by atomic mass is 9.71. The molecule has 0 aromatic heterocycles. The number of para-hydroxylation sites is 4. The first-order chi connectivity index (χ1) is 30.4. The SMILES string of the molecule is C[C@H]1[C@H](C(C)(C)F)[C@@H](CC(=O)N2Cc3ccccc3C[C@H]2CO)O[C@]12C(=O)N(Cc1ccc(N3C(=O)COc4ccccc43)cc1)c1ccc(N3C(=O)COc4ccccc43)cc12. The summed E-state index contributed by atoms with van der Waals surface area (Å²) >= 11 is 0. The van der Waals surface area contributed by atoms with E-state index in [0.717, 1.165) is 16.7 Å². The van der Waals surface area contributed by atoms with E-state index in [2.05, 4.69) is 0 Å². The number of alkyl halides is 1. The molecular weight excluding hydrogens is 804 g/mol. The summed E-state index contributed by atoms with van der Waals surface area (Å²) in [6.45, 7) is 4.59. The first kappa shape index (κ1) is 40.5. The number of halogens is 1. The normalized spacial score (nSPS) is 23.9. The van der Waals surface area contributed by atoms with Crippen LogP contribution < -0.4 is 24.2 Å². The third-order valence-corrected chi connectivity index (χ3v) is 13.4. The Morgan fingerprint density at radius 1 is 0.778 bits per heavy atom. The van der Waals surface area contributed by atoms with Crippen LogP contribution in [0.1, 0.15) is 49.4 Å². The number of nitrogens with zero attached hydrogens (tertiary/aromatic N) is 4. The molecule has 1 fully saturated rings. The van der Waals surface area contributed by atoms with Crippen LogP contribution in [0.3, 0.4) is 0 Å². The summed E-state index contributed by atoms with van der Waals surface area (Å²) in [7, 11) is 0. The summed E-state index contributed by atoms with van der Waals surface area (Å²) in [5, 5.41) is 10.4. The lowest BCUT2D eigenvalue weighted by Gasteiger charge is -2.37. The standard InChI is InChI=1S/C50H47FN4O8/c1-30-47(49(2,3)51)43(24-44(57)52-26-33-11-5-4-10-32(33)22-36(52)27-56)63-50(30)37-23-35(55-40-13-7-9-15-42(40)62-29-46(55)59)20-21-38(37)53(48(50)60)25-31-16-18-34(19-17-31)54-39-12-6-8-14-41(39)61-28-45(54)58/h4-21,23,30,36,43,47,56H,22,24-29H2,1-3H3/t30-,36-,43+,47-,50+/m0/s1. The van der Waals surface area contributed by atoms with E-state index < -0.39 is 41.2 Å². The molecular formula is C50H47FN4O8. The summed E-state index contributed by atoms with van der Waals surface area (Å²) in [5.74, 6) is -1.80. The fraction of sp³-hybridized carbons (Fsp3) is 0.320. The van der Waals surface area contributed by atoms with Gasteiger partial charge in [0.1, 0.15) is 17.2 Å². The van der Waals surface area contributed by atoms with Crippen molar-refractivity contribution in [3.63, 3.8) is 0 Å². The predicted molar refractivity (Wildman–Crippen MR) is 233 cm³/mol. The van der Waals surface area contributed by atoms with Crippen LogP contribution in [-0.4, -0.2) is 71.3 Å². The highest BCUT2D eigenvalue weighted by molar-refractivity contribution is 6.10. The first-order valence-corrected chi connectivity index (χ1v) is 21.4. The van der Waals surface area contributed by atoms with Gasteiger partial charge in [-0.1, -0.05) is 67.6 Å². The minimum absolute atomic E-state index is 0.0982. The Bertz CT molecular complexity index is 2670. The molecule has 322 valence electrons. The first-order valence-electron chi connectivity index (χ1n) is 21.4. The van der Waals surface area contributed by atoms with Crippen LogP contribution in [-0.2, 0) is 49.0 Å². The Hall–Kier alpha value is -6.57. The van der Waals surface area contributed by atoms with Gasteiger partial charge in [-0.2, -0.15) is 0 Å². The number of hydrogen-bond acceptors (Lipinski definition) is 8. The van der Waals surface area contributed by atoms with Crippen molar-refractivity contribution in [2.75, 3.05) is 34.5 Å². The van der Waals surface area contributed by atoms with Gasteiger partial charge in [0.2, 0.25) is 5.91 Å². The molecule has 5 aromatic rings. The molecule has 5 atom stereocenters. The molecule has 5 aliphatic rings. The molecule has 13 heteroatoms. The Balaban J connectivity index is 1.03. The van der Waals surface area contributed by atoms with Crippen LogP contribution in [0.15, 0.2) is 115 Å². The highest BCUT2D eigenvalue weighted by Crippen LogP contribution is 2.59. The maximum absolute atomic E-state index is 16.8. The zero-order valence-corrected chi connectivity index (χ0v) is 35.2. The van der Waals surface area contributed by atoms with Gasteiger partial charge in [-0.25, -0.2) is 4.39 Å². The van der Waals surface area contributed by atoms with Gasteiger partial charge in [0.05, 0.1) is 48.8 Å². The molecule has 12 nitrogen and oxygen atoms in total. The molecule has 0 bridgehead atoms. The number of hydrogen-bond donors (Lipinski definition) is 1. The van der Waals surface area contributed by atoms with Gasteiger partial charge in [-0.3, -0.25) is 29.0 Å². The molecule has 10 rings (SSSR count). The fourth-order valence-electron chi connectivity index (χ4n) is 10.6. The zero-order valence-electron chi connectivity index (χ0n) is 35.2. The lowest BCUT2D eigenvalue weighted by molar-refractivity contribution is -0.151. The smallest absolute Gasteiger partial charge is 0.269 e. The number of anilines is 5. The third kappa shape index (κ3) is 6.64. The molecule has 4 amide bonds. The second-order valence-corrected chi connectivity index (χ2v) is 17.5. The minimum Gasteiger partial charge on any atom is -0.482 e. The number of benzene rings is 5. The summed E-state index contributed by atoms with van der Waals surface area (Å²) in [6, 6.07) is 34.6. The molecule has 5 heterocycles. The molecule has 0 saturated carbocycles. The second kappa shape index (κ2) is 15.4. The average molecular weight is 851 g/mol. The summed E-state index contributed by atoms with van der Waals surface area (Å²) in [6.07, 6.45) is -0.763. The molecule has 63 heavy (non-hydrogen) atoms. The van der Waals surface area contributed by atoms with E-state index in [4.69, 9.17) is 14.2 Å². The average Bonchev–Trinajstić information content (AvgIpc) is 3.71. The van der Waals surface area contributed by atoms with Gasteiger partial charge in [0.15, 0.2) is 18.8 Å². The van der Waals surface area contributed by atoms with Crippen molar-refractivity contribution in [3.05, 3.63) is 138 Å². The zero-order chi connectivity index (χ0) is 43.8. The summed E-state index contributed by atoms with van der Waals surface area (Å²) in [5.41, 5.74) is 2.44. The fourth-order valence-corrected chi connectivity index (χ4v) is 10.6.